The Kier molecular flexibility index (Phi) is 7.26. The summed E-state index contributed by atoms with van der Waals surface area (Å²) in [6, 6.07) is 7.08. The molecule has 1 aromatic carbocycles. The first-order valence-electron chi connectivity index (χ1n) is 12.3. The number of anilines is 2. The Hall–Kier alpha value is -4.40. The van der Waals surface area contributed by atoms with Gasteiger partial charge in [-0.3, -0.25) is 14.6 Å². The molecule has 5 rings (SSSR count). The number of ether oxygens (including phenoxy) is 1. The molecule has 1 saturated heterocycles. The molecule has 8 nitrogen and oxygen atoms in total. The summed E-state index contributed by atoms with van der Waals surface area (Å²) in [5.74, 6) is 11.9. The molecule has 0 unspecified atom stereocenters. The fourth-order valence-corrected chi connectivity index (χ4v) is 5.14. The summed E-state index contributed by atoms with van der Waals surface area (Å²) in [7, 11) is 1.55. The van der Waals surface area contributed by atoms with Gasteiger partial charge in [-0.25, -0.2) is 0 Å². The van der Waals surface area contributed by atoms with Gasteiger partial charge in [0.1, 0.15) is 0 Å². The number of methoxy groups -OCH3 is 1. The van der Waals surface area contributed by atoms with Gasteiger partial charge in [0.15, 0.2) is 5.75 Å². The molecular weight excluding hydrogens is 502 g/mol. The van der Waals surface area contributed by atoms with Crippen LogP contribution < -0.4 is 15.4 Å². The van der Waals surface area contributed by atoms with Crippen LogP contribution in [0.2, 0.25) is 5.02 Å². The maximum atomic E-state index is 13.0. The number of carbonyl (C=O) groups is 2. The lowest BCUT2D eigenvalue weighted by atomic mass is 10.1. The monoisotopic (exact) mass is 527 g/mol. The summed E-state index contributed by atoms with van der Waals surface area (Å²) >= 11 is 6.32. The SMILES string of the molecule is CC#CC(=O)N1CCC[C@@H]1C#Cc1cnccc1-n1cc(Nc2cccc(Cl)c2OC)c2c1CCNC2=O. The summed E-state index contributed by atoms with van der Waals surface area (Å²) in [6.07, 6.45) is 7.62. The fraction of sp³-hybridized carbons (Fsp3) is 0.276. The second-order valence-corrected chi connectivity index (χ2v) is 9.29. The third-order valence-corrected chi connectivity index (χ3v) is 6.90. The standard InChI is InChI=1S/C29H26ClN5O3/c1-3-6-26(36)34-16-5-7-20(34)11-10-19-17-31-14-12-24(19)35-18-23(27-25(35)13-15-32-29(27)37)33-22-9-4-8-21(30)28(22)38-2/h4,8-9,12,14,17-18,20,33H,5,7,13,15-16H2,1-2H3,(H,32,37)/t20-/m1/s1. The van der Waals surface area contributed by atoms with E-state index in [0.717, 1.165) is 24.2 Å². The summed E-state index contributed by atoms with van der Waals surface area (Å²) in [5, 5.41) is 6.74. The molecule has 2 N–H and O–H groups in total. The Bertz CT molecular complexity index is 1540. The minimum Gasteiger partial charge on any atom is -0.493 e. The van der Waals surface area contributed by atoms with Crippen LogP contribution in [-0.4, -0.2) is 52.5 Å². The lowest BCUT2D eigenvalue weighted by Crippen LogP contribution is -2.33. The Labute approximate surface area is 226 Å². The first-order chi connectivity index (χ1) is 18.5. The first-order valence-corrected chi connectivity index (χ1v) is 12.7. The van der Waals surface area contributed by atoms with Crippen molar-refractivity contribution in [2.45, 2.75) is 32.2 Å². The lowest BCUT2D eigenvalue weighted by molar-refractivity contribution is -0.125. The zero-order chi connectivity index (χ0) is 26.6. The van der Waals surface area contributed by atoms with Crippen LogP contribution in [0.1, 0.15) is 41.4 Å². The molecule has 1 fully saturated rings. The second kappa shape index (κ2) is 10.9. The van der Waals surface area contributed by atoms with Crippen molar-refractivity contribution in [3.8, 4) is 35.1 Å². The summed E-state index contributed by atoms with van der Waals surface area (Å²) in [5.41, 5.74) is 4.19. The average Bonchev–Trinajstić information content (AvgIpc) is 3.54. The smallest absolute Gasteiger partial charge is 0.299 e. The molecule has 0 bridgehead atoms. The molecule has 0 radical (unpaired) electrons. The number of hydrogen-bond acceptors (Lipinski definition) is 5. The number of aromatic nitrogens is 2. The van der Waals surface area contributed by atoms with Gasteiger partial charge in [0.25, 0.3) is 11.8 Å². The number of para-hydroxylation sites is 1. The quantitative estimate of drug-likeness (QED) is 0.502. The molecule has 0 spiro atoms. The van der Waals surface area contributed by atoms with E-state index < -0.39 is 0 Å². The van der Waals surface area contributed by atoms with Gasteiger partial charge in [-0.05, 0) is 43.9 Å². The number of likely N-dealkylation sites (tertiary alicyclic amines) is 1. The normalized spacial score (nSPS) is 15.9. The highest BCUT2D eigenvalue weighted by Gasteiger charge is 2.28. The van der Waals surface area contributed by atoms with Crippen LogP contribution in [-0.2, 0) is 11.2 Å². The largest absolute Gasteiger partial charge is 0.493 e. The zero-order valence-corrected chi connectivity index (χ0v) is 21.9. The highest BCUT2D eigenvalue weighted by Crippen LogP contribution is 2.37. The van der Waals surface area contributed by atoms with Crippen molar-refractivity contribution in [3.05, 3.63) is 64.7 Å². The molecule has 3 aromatic rings. The maximum absolute atomic E-state index is 13.0. The van der Waals surface area contributed by atoms with E-state index in [9.17, 15) is 9.59 Å². The van der Waals surface area contributed by atoms with Gasteiger partial charge in [0.2, 0.25) is 0 Å². The first kappa shape index (κ1) is 25.3. The van der Waals surface area contributed by atoms with Crippen molar-refractivity contribution in [2.24, 2.45) is 0 Å². The van der Waals surface area contributed by atoms with Gasteiger partial charge in [0, 0.05) is 43.8 Å². The number of amides is 2. The van der Waals surface area contributed by atoms with Crippen molar-refractivity contribution in [2.75, 3.05) is 25.5 Å². The molecule has 2 aliphatic heterocycles. The molecule has 0 saturated carbocycles. The lowest BCUT2D eigenvalue weighted by Gasteiger charge is -2.18. The van der Waals surface area contributed by atoms with Crippen LogP contribution >= 0.6 is 11.6 Å². The third kappa shape index (κ3) is 4.79. The van der Waals surface area contributed by atoms with Crippen molar-refractivity contribution < 1.29 is 14.3 Å². The van der Waals surface area contributed by atoms with E-state index in [2.05, 4.69) is 39.3 Å². The van der Waals surface area contributed by atoms with Crippen molar-refractivity contribution in [1.82, 2.24) is 19.8 Å². The molecule has 1 atom stereocenters. The number of nitrogens with zero attached hydrogens (tertiary/aromatic N) is 3. The highest BCUT2D eigenvalue weighted by atomic mass is 35.5. The van der Waals surface area contributed by atoms with Gasteiger partial charge in [-0.15, -0.1) is 0 Å². The number of rotatable bonds is 4. The van der Waals surface area contributed by atoms with Crippen LogP contribution in [0.5, 0.6) is 5.75 Å². The highest BCUT2D eigenvalue weighted by molar-refractivity contribution is 6.32. The number of nitrogens with one attached hydrogen (secondary N) is 2. The molecule has 0 aliphatic carbocycles. The Morgan fingerprint density at radius 2 is 2.16 bits per heavy atom. The molecule has 2 aliphatic rings. The van der Waals surface area contributed by atoms with Crippen molar-refractivity contribution in [1.29, 1.82) is 0 Å². The number of hydrogen-bond donors (Lipinski definition) is 2. The summed E-state index contributed by atoms with van der Waals surface area (Å²) in [6.45, 7) is 2.83. The number of carbonyl (C=O) groups excluding carboxylic acids is 2. The minimum atomic E-state index is -0.201. The number of benzene rings is 1. The van der Waals surface area contributed by atoms with Gasteiger partial charge >= 0.3 is 0 Å². The summed E-state index contributed by atoms with van der Waals surface area (Å²) in [4.78, 5) is 31.4. The van der Waals surface area contributed by atoms with E-state index in [1.807, 2.05) is 29.0 Å². The van der Waals surface area contributed by atoms with Crippen LogP contribution in [0, 0.1) is 23.7 Å². The van der Waals surface area contributed by atoms with Gasteiger partial charge in [-0.2, -0.15) is 0 Å². The molecule has 2 amide bonds. The number of fused-ring (bicyclic) bond motifs is 1. The molecular formula is C29H26ClN5O3. The fourth-order valence-electron chi connectivity index (χ4n) is 4.89. The van der Waals surface area contributed by atoms with E-state index in [-0.39, 0.29) is 17.9 Å². The Balaban J connectivity index is 1.55. The average molecular weight is 528 g/mol. The van der Waals surface area contributed by atoms with Gasteiger partial charge in [-0.1, -0.05) is 35.4 Å². The predicted octanol–water partition coefficient (Wildman–Crippen LogP) is 3.93. The van der Waals surface area contributed by atoms with Crippen molar-refractivity contribution >= 4 is 34.8 Å². The Morgan fingerprint density at radius 1 is 1.29 bits per heavy atom. The third-order valence-electron chi connectivity index (χ3n) is 6.60. The summed E-state index contributed by atoms with van der Waals surface area (Å²) < 4.78 is 7.47. The molecule has 2 aromatic heterocycles. The number of halogens is 1. The van der Waals surface area contributed by atoms with Gasteiger partial charge < -0.3 is 24.8 Å². The van der Waals surface area contributed by atoms with E-state index >= 15 is 0 Å². The topological polar surface area (TPSA) is 88.5 Å². The van der Waals surface area contributed by atoms with E-state index in [1.165, 1.54) is 0 Å². The molecule has 4 heterocycles. The molecule has 38 heavy (non-hydrogen) atoms. The van der Waals surface area contributed by atoms with E-state index in [1.54, 1.807) is 37.4 Å². The van der Waals surface area contributed by atoms with Crippen LogP contribution in [0.4, 0.5) is 11.4 Å². The zero-order valence-electron chi connectivity index (χ0n) is 21.1. The minimum absolute atomic E-state index is 0.160. The van der Waals surface area contributed by atoms with E-state index in [4.69, 9.17) is 16.3 Å². The van der Waals surface area contributed by atoms with Crippen LogP contribution in [0.3, 0.4) is 0 Å². The maximum Gasteiger partial charge on any atom is 0.299 e. The number of pyridine rings is 1. The molecule has 9 heteroatoms. The van der Waals surface area contributed by atoms with Crippen LogP contribution in [0.15, 0.2) is 42.9 Å². The van der Waals surface area contributed by atoms with Gasteiger partial charge in [0.05, 0.1) is 46.4 Å². The Morgan fingerprint density at radius 3 is 2.97 bits per heavy atom. The predicted molar refractivity (Wildman–Crippen MR) is 146 cm³/mol. The second-order valence-electron chi connectivity index (χ2n) is 8.88. The van der Waals surface area contributed by atoms with E-state index in [0.29, 0.717) is 52.8 Å². The van der Waals surface area contributed by atoms with Crippen molar-refractivity contribution in [3.63, 3.8) is 0 Å². The molecule has 192 valence electrons. The van der Waals surface area contributed by atoms with Crippen LogP contribution in [0.25, 0.3) is 5.69 Å².